The van der Waals surface area contributed by atoms with Crippen molar-refractivity contribution in [3.05, 3.63) is 29.8 Å². The number of rotatable bonds is 4. The number of hydrogen-bond donors (Lipinski definition) is 1. The molecule has 0 aliphatic heterocycles. The second kappa shape index (κ2) is 4.23. The van der Waals surface area contributed by atoms with Crippen LogP contribution in [-0.2, 0) is 6.42 Å². The number of para-hydroxylation sites is 1. The van der Waals surface area contributed by atoms with Crippen molar-refractivity contribution in [1.29, 1.82) is 0 Å². The SMILES string of the molecule is COc1ccccc1CCC1(O)CCC1. The lowest BCUT2D eigenvalue weighted by Gasteiger charge is -2.36. The van der Waals surface area contributed by atoms with Crippen LogP contribution in [0.2, 0.25) is 0 Å². The molecule has 0 spiro atoms. The van der Waals surface area contributed by atoms with E-state index in [0.29, 0.717) is 0 Å². The molecule has 1 aliphatic carbocycles. The molecule has 0 unspecified atom stereocenters. The smallest absolute Gasteiger partial charge is 0.122 e. The maximum Gasteiger partial charge on any atom is 0.122 e. The fourth-order valence-corrected chi connectivity index (χ4v) is 2.11. The van der Waals surface area contributed by atoms with E-state index < -0.39 is 0 Å². The van der Waals surface area contributed by atoms with Gasteiger partial charge in [-0.2, -0.15) is 0 Å². The molecule has 0 heterocycles. The van der Waals surface area contributed by atoms with Gasteiger partial charge in [-0.1, -0.05) is 18.2 Å². The first-order valence-corrected chi connectivity index (χ1v) is 5.58. The molecule has 15 heavy (non-hydrogen) atoms. The topological polar surface area (TPSA) is 29.5 Å². The number of methoxy groups -OCH3 is 1. The van der Waals surface area contributed by atoms with Crippen LogP contribution in [0.1, 0.15) is 31.2 Å². The zero-order valence-corrected chi connectivity index (χ0v) is 9.20. The molecule has 0 radical (unpaired) electrons. The predicted octanol–water partition coefficient (Wildman–Crippen LogP) is 2.54. The Balaban J connectivity index is 1.98. The van der Waals surface area contributed by atoms with E-state index in [9.17, 15) is 5.11 Å². The molecule has 2 nitrogen and oxygen atoms in total. The predicted molar refractivity (Wildman–Crippen MR) is 60.1 cm³/mol. The third kappa shape index (κ3) is 2.32. The van der Waals surface area contributed by atoms with Gasteiger partial charge in [0.25, 0.3) is 0 Å². The zero-order chi connectivity index (χ0) is 10.7. The van der Waals surface area contributed by atoms with Gasteiger partial charge in [-0.25, -0.2) is 0 Å². The van der Waals surface area contributed by atoms with Crippen LogP contribution in [0.15, 0.2) is 24.3 Å². The van der Waals surface area contributed by atoms with Crippen molar-refractivity contribution >= 4 is 0 Å². The molecule has 1 aliphatic rings. The molecule has 0 amide bonds. The quantitative estimate of drug-likeness (QED) is 0.820. The molecular weight excluding hydrogens is 188 g/mol. The Hall–Kier alpha value is -1.02. The van der Waals surface area contributed by atoms with Crippen LogP contribution in [0.5, 0.6) is 5.75 Å². The average Bonchev–Trinajstić information content (AvgIpc) is 2.24. The molecule has 2 heteroatoms. The molecule has 1 fully saturated rings. The molecular formula is C13H18O2. The lowest BCUT2D eigenvalue weighted by molar-refractivity contribution is -0.0398. The Kier molecular flexibility index (Phi) is 2.96. The Bertz CT molecular complexity index is 329. The number of hydrogen-bond acceptors (Lipinski definition) is 2. The average molecular weight is 206 g/mol. The first-order chi connectivity index (χ1) is 7.23. The van der Waals surface area contributed by atoms with Gasteiger partial charge in [-0.15, -0.1) is 0 Å². The van der Waals surface area contributed by atoms with Gasteiger partial charge in [0.1, 0.15) is 5.75 Å². The summed E-state index contributed by atoms with van der Waals surface area (Å²) in [5.41, 5.74) is 0.807. The summed E-state index contributed by atoms with van der Waals surface area (Å²) in [6, 6.07) is 8.03. The maximum atomic E-state index is 9.99. The molecule has 82 valence electrons. The summed E-state index contributed by atoms with van der Waals surface area (Å²) >= 11 is 0. The van der Waals surface area contributed by atoms with E-state index in [0.717, 1.165) is 31.4 Å². The van der Waals surface area contributed by atoms with Crippen LogP contribution in [0.25, 0.3) is 0 Å². The van der Waals surface area contributed by atoms with Crippen molar-refractivity contribution in [1.82, 2.24) is 0 Å². The highest BCUT2D eigenvalue weighted by molar-refractivity contribution is 5.33. The molecule has 1 N–H and O–H groups in total. The maximum absolute atomic E-state index is 9.99. The second-order valence-corrected chi connectivity index (χ2v) is 4.39. The third-order valence-electron chi connectivity index (χ3n) is 3.34. The summed E-state index contributed by atoms with van der Waals surface area (Å²) in [6.07, 6.45) is 4.85. The van der Waals surface area contributed by atoms with Gasteiger partial charge in [0.05, 0.1) is 12.7 Å². The molecule has 1 aromatic rings. The number of benzene rings is 1. The minimum Gasteiger partial charge on any atom is -0.496 e. The lowest BCUT2D eigenvalue weighted by Crippen LogP contribution is -2.37. The van der Waals surface area contributed by atoms with Crippen molar-refractivity contribution in [2.75, 3.05) is 7.11 Å². The number of ether oxygens (including phenoxy) is 1. The van der Waals surface area contributed by atoms with Gasteiger partial charge in [-0.3, -0.25) is 0 Å². The fraction of sp³-hybridized carbons (Fsp3) is 0.538. The van der Waals surface area contributed by atoms with Crippen LogP contribution in [-0.4, -0.2) is 17.8 Å². The molecule has 0 saturated heterocycles. The monoisotopic (exact) mass is 206 g/mol. The second-order valence-electron chi connectivity index (χ2n) is 4.39. The van der Waals surface area contributed by atoms with Crippen LogP contribution in [0.3, 0.4) is 0 Å². The molecule has 1 aromatic carbocycles. The Morgan fingerprint density at radius 3 is 2.67 bits per heavy atom. The molecule has 0 atom stereocenters. The van der Waals surface area contributed by atoms with E-state index in [-0.39, 0.29) is 5.60 Å². The third-order valence-corrected chi connectivity index (χ3v) is 3.34. The van der Waals surface area contributed by atoms with E-state index >= 15 is 0 Å². The van der Waals surface area contributed by atoms with Gasteiger partial charge in [0.2, 0.25) is 0 Å². The van der Waals surface area contributed by atoms with Crippen molar-refractivity contribution in [3.63, 3.8) is 0 Å². The molecule has 1 saturated carbocycles. The van der Waals surface area contributed by atoms with E-state index in [1.807, 2.05) is 18.2 Å². The number of aryl methyl sites for hydroxylation is 1. The highest BCUT2D eigenvalue weighted by atomic mass is 16.5. The summed E-state index contributed by atoms with van der Waals surface area (Å²) in [4.78, 5) is 0. The van der Waals surface area contributed by atoms with E-state index in [1.165, 1.54) is 12.0 Å². The number of aliphatic hydroxyl groups is 1. The van der Waals surface area contributed by atoms with E-state index in [4.69, 9.17) is 4.74 Å². The molecule has 0 aromatic heterocycles. The minimum atomic E-state index is -0.388. The largest absolute Gasteiger partial charge is 0.496 e. The van der Waals surface area contributed by atoms with Gasteiger partial charge in [-0.05, 0) is 43.7 Å². The van der Waals surface area contributed by atoms with Crippen LogP contribution in [0, 0.1) is 0 Å². The van der Waals surface area contributed by atoms with E-state index in [1.54, 1.807) is 7.11 Å². The van der Waals surface area contributed by atoms with Gasteiger partial charge < -0.3 is 9.84 Å². The van der Waals surface area contributed by atoms with Gasteiger partial charge >= 0.3 is 0 Å². The highest BCUT2D eigenvalue weighted by Gasteiger charge is 2.33. The van der Waals surface area contributed by atoms with Crippen LogP contribution < -0.4 is 4.74 Å². The first-order valence-electron chi connectivity index (χ1n) is 5.58. The minimum absolute atomic E-state index is 0.388. The highest BCUT2D eigenvalue weighted by Crippen LogP contribution is 2.36. The summed E-state index contributed by atoms with van der Waals surface area (Å²) in [7, 11) is 1.69. The van der Waals surface area contributed by atoms with Crippen molar-refractivity contribution in [2.45, 2.75) is 37.7 Å². The first kappa shape index (κ1) is 10.5. The lowest BCUT2D eigenvalue weighted by atomic mass is 9.76. The Morgan fingerprint density at radius 2 is 2.07 bits per heavy atom. The normalized spacial score (nSPS) is 18.3. The Morgan fingerprint density at radius 1 is 1.33 bits per heavy atom. The Labute approximate surface area is 90.9 Å². The summed E-state index contributed by atoms with van der Waals surface area (Å²) in [5.74, 6) is 0.931. The summed E-state index contributed by atoms with van der Waals surface area (Å²) < 4.78 is 5.28. The summed E-state index contributed by atoms with van der Waals surface area (Å²) in [5, 5.41) is 9.99. The van der Waals surface area contributed by atoms with E-state index in [2.05, 4.69) is 6.07 Å². The molecule has 2 rings (SSSR count). The van der Waals surface area contributed by atoms with Gasteiger partial charge in [0, 0.05) is 0 Å². The van der Waals surface area contributed by atoms with Crippen LogP contribution in [0.4, 0.5) is 0 Å². The standard InChI is InChI=1S/C13H18O2/c1-15-12-6-3-2-5-11(12)7-10-13(14)8-4-9-13/h2-3,5-6,14H,4,7-10H2,1H3. The van der Waals surface area contributed by atoms with Crippen molar-refractivity contribution < 1.29 is 9.84 Å². The van der Waals surface area contributed by atoms with Crippen molar-refractivity contribution in [2.24, 2.45) is 0 Å². The molecule has 0 bridgehead atoms. The van der Waals surface area contributed by atoms with Crippen LogP contribution >= 0.6 is 0 Å². The fourth-order valence-electron chi connectivity index (χ4n) is 2.11. The summed E-state index contributed by atoms with van der Waals surface area (Å²) in [6.45, 7) is 0. The van der Waals surface area contributed by atoms with Crippen molar-refractivity contribution in [3.8, 4) is 5.75 Å². The van der Waals surface area contributed by atoms with Gasteiger partial charge in [0.15, 0.2) is 0 Å². The zero-order valence-electron chi connectivity index (χ0n) is 9.20.